The molecular weight excluding hydrogens is 340 g/mol. The number of amides is 1. The van der Waals surface area contributed by atoms with Gasteiger partial charge >= 0.3 is 6.09 Å². The second-order valence-corrected chi connectivity index (χ2v) is 7.12. The molecule has 0 unspecified atom stereocenters. The number of hydrogen-bond donors (Lipinski definition) is 0. The van der Waals surface area contributed by atoms with Crippen molar-refractivity contribution in [3.05, 3.63) is 65.2 Å². The molecule has 0 aromatic heterocycles. The molecule has 0 spiro atoms. The molecule has 142 valence electrons. The van der Waals surface area contributed by atoms with Gasteiger partial charge in [0.15, 0.2) is 0 Å². The first-order chi connectivity index (χ1) is 13.3. The van der Waals surface area contributed by atoms with Crippen LogP contribution in [0.5, 0.6) is 0 Å². The Morgan fingerprint density at radius 3 is 2.63 bits per heavy atom. The van der Waals surface area contributed by atoms with Crippen LogP contribution in [0.4, 0.5) is 10.5 Å². The Hall–Kier alpha value is -2.53. The van der Waals surface area contributed by atoms with Crippen molar-refractivity contribution >= 4 is 11.8 Å². The van der Waals surface area contributed by atoms with Crippen molar-refractivity contribution in [3.63, 3.8) is 0 Å². The number of carbonyl (C=O) groups excluding carboxylic acids is 1. The lowest BCUT2D eigenvalue weighted by molar-refractivity contribution is 0.0942. The van der Waals surface area contributed by atoms with E-state index in [2.05, 4.69) is 23.1 Å². The molecule has 1 fully saturated rings. The number of ether oxygens (including phenoxy) is 2. The van der Waals surface area contributed by atoms with Gasteiger partial charge in [0.2, 0.25) is 0 Å². The molecule has 0 saturated carbocycles. The van der Waals surface area contributed by atoms with Gasteiger partial charge in [0.25, 0.3) is 0 Å². The van der Waals surface area contributed by atoms with Crippen LogP contribution in [0.3, 0.4) is 0 Å². The van der Waals surface area contributed by atoms with Gasteiger partial charge in [-0.3, -0.25) is 0 Å². The standard InChI is InChI=1S/C22H26N2O3/c25-22(27-17-18-5-2-1-3-6-18)24-10-4-7-19-15-21(9-8-20(19)16-24)23-11-13-26-14-12-23/h1-3,5-6,8-9,15H,4,7,10-14,16-17H2. The summed E-state index contributed by atoms with van der Waals surface area (Å²) in [7, 11) is 0. The van der Waals surface area contributed by atoms with E-state index in [-0.39, 0.29) is 6.09 Å². The SMILES string of the molecule is O=C(OCc1ccccc1)N1CCCc2cc(N3CCOCC3)ccc2C1. The van der Waals surface area contributed by atoms with Gasteiger partial charge in [-0.15, -0.1) is 0 Å². The van der Waals surface area contributed by atoms with Crippen molar-refractivity contribution in [2.45, 2.75) is 26.0 Å². The van der Waals surface area contributed by atoms with Crippen LogP contribution in [0.1, 0.15) is 23.1 Å². The molecule has 5 nitrogen and oxygen atoms in total. The van der Waals surface area contributed by atoms with Crippen molar-refractivity contribution in [1.29, 1.82) is 0 Å². The molecule has 2 aliphatic rings. The zero-order valence-corrected chi connectivity index (χ0v) is 15.6. The quantitative estimate of drug-likeness (QED) is 0.832. The smallest absolute Gasteiger partial charge is 0.410 e. The zero-order chi connectivity index (χ0) is 18.5. The molecule has 1 amide bonds. The van der Waals surface area contributed by atoms with Crippen molar-refractivity contribution < 1.29 is 14.3 Å². The van der Waals surface area contributed by atoms with Crippen LogP contribution in [0, 0.1) is 0 Å². The summed E-state index contributed by atoms with van der Waals surface area (Å²) in [4.78, 5) is 16.7. The molecule has 4 rings (SSSR count). The van der Waals surface area contributed by atoms with Crippen LogP contribution in [-0.2, 0) is 29.0 Å². The summed E-state index contributed by atoms with van der Waals surface area (Å²) < 4.78 is 11.0. The Morgan fingerprint density at radius 2 is 1.81 bits per heavy atom. The average molecular weight is 366 g/mol. The first-order valence-electron chi connectivity index (χ1n) is 9.70. The number of anilines is 1. The Labute approximate surface area is 160 Å². The number of carbonyl (C=O) groups is 1. The van der Waals surface area contributed by atoms with Crippen molar-refractivity contribution in [1.82, 2.24) is 4.90 Å². The highest BCUT2D eigenvalue weighted by molar-refractivity contribution is 5.68. The van der Waals surface area contributed by atoms with Crippen LogP contribution >= 0.6 is 0 Å². The minimum atomic E-state index is -0.232. The lowest BCUT2D eigenvalue weighted by atomic mass is 10.0. The molecule has 0 radical (unpaired) electrons. The van der Waals surface area contributed by atoms with Crippen molar-refractivity contribution in [2.24, 2.45) is 0 Å². The second kappa shape index (κ2) is 8.44. The highest BCUT2D eigenvalue weighted by Gasteiger charge is 2.21. The van der Waals surface area contributed by atoms with Gasteiger partial charge in [-0.25, -0.2) is 4.79 Å². The minimum absolute atomic E-state index is 0.232. The predicted molar refractivity (Wildman–Crippen MR) is 105 cm³/mol. The largest absolute Gasteiger partial charge is 0.445 e. The van der Waals surface area contributed by atoms with E-state index in [1.807, 2.05) is 35.2 Å². The molecule has 0 aliphatic carbocycles. The third kappa shape index (κ3) is 4.42. The fourth-order valence-corrected chi connectivity index (χ4v) is 3.73. The lowest BCUT2D eigenvalue weighted by Crippen LogP contribution is -2.36. The normalized spacial score (nSPS) is 17.2. The van der Waals surface area contributed by atoms with Gasteiger partial charge in [0.05, 0.1) is 13.2 Å². The third-order valence-corrected chi connectivity index (χ3v) is 5.26. The number of morpholine rings is 1. The maximum absolute atomic E-state index is 12.5. The molecule has 5 heteroatoms. The third-order valence-electron chi connectivity index (χ3n) is 5.26. The number of hydrogen-bond acceptors (Lipinski definition) is 4. The number of fused-ring (bicyclic) bond motifs is 1. The first-order valence-corrected chi connectivity index (χ1v) is 9.70. The number of aryl methyl sites for hydroxylation is 1. The molecule has 2 aromatic rings. The lowest BCUT2D eigenvalue weighted by Gasteiger charge is -2.29. The van der Waals surface area contributed by atoms with Crippen LogP contribution in [-0.4, -0.2) is 43.8 Å². The zero-order valence-electron chi connectivity index (χ0n) is 15.6. The summed E-state index contributed by atoms with van der Waals surface area (Å²) in [5.74, 6) is 0. The Bertz CT molecular complexity index is 772. The van der Waals surface area contributed by atoms with Gasteiger partial charge in [0.1, 0.15) is 6.61 Å². The van der Waals surface area contributed by atoms with Gasteiger partial charge in [-0.05, 0) is 41.7 Å². The van der Waals surface area contributed by atoms with Crippen LogP contribution in [0.15, 0.2) is 48.5 Å². The Kier molecular flexibility index (Phi) is 5.58. The highest BCUT2D eigenvalue weighted by Crippen LogP contribution is 2.25. The summed E-state index contributed by atoms with van der Waals surface area (Å²) in [6, 6.07) is 16.4. The second-order valence-electron chi connectivity index (χ2n) is 7.12. The first kappa shape index (κ1) is 17.9. The molecule has 0 atom stereocenters. The summed E-state index contributed by atoms with van der Waals surface area (Å²) in [6.45, 7) is 5.13. The Balaban J connectivity index is 1.41. The number of nitrogens with zero attached hydrogens (tertiary/aromatic N) is 2. The van der Waals surface area contributed by atoms with Crippen LogP contribution in [0.2, 0.25) is 0 Å². The van der Waals surface area contributed by atoms with Gasteiger partial charge in [0, 0.05) is 31.9 Å². The summed E-state index contributed by atoms with van der Waals surface area (Å²) >= 11 is 0. The van der Waals surface area contributed by atoms with E-state index in [4.69, 9.17) is 9.47 Å². The fourth-order valence-electron chi connectivity index (χ4n) is 3.73. The van der Waals surface area contributed by atoms with Crippen LogP contribution < -0.4 is 4.90 Å². The summed E-state index contributed by atoms with van der Waals surface area (Å²) in [6.07, 6.45) is 1.72. The molecule has 0 bridgehead atoms. The molecule has 2 aromatic carbocycles. The van der Waals surface area contributed by atoms with Gasteiger partial charge in [-0.2, -0.15) is 0 Å². The fraction of sp³-hybridized carbons (Fsp3) is 0.409. The highest BCUT2D eigenvalue weighted by atomic mass is 16.6. The molecular formula is C22H26N2O3. The van der Waals surface area contributed by atoms with E-state index >= 15 is 0 Å². The van der Waals surface area contributed by atoms with E-state index in [0.717, 1.165) is 51.3 Å². The van der Waals surface area contributed by atoms with Crippen molar-refractivity contribution in [2.75, 3.05) is 37.7 Å². The molecule has 0 N–H and O–H groups in total. The average Bonchev–Trinajstić information content (AvgIpc) is 2.95. The maximum Gasteiger partial charge on any atom is 0.410 e. The Morgan fingerprint density at radius 1 is 1.00 bits per heavy atom. The number of benzene rings is 2. The number of rotatable bonds is 3. The van der Waals surface area contributed by atoms with E-state index in [0.29, 0.717) is 13.2 Å². The molecule has 1 saturated heterocycles. The topological polar surface area (TPSA) is 42.0 Å². The van der Waals surface area contributed by atoms with E-state index in [1.54, 1.807) is 0 Å². The maximum atomic E-state index is 12.5. The molecule has 2 heterocycles. The summed E-state index contributed by atoms with van der Waals surface area (Å²) in [5, 5.41) is 0. The van der Waals surface area contributed by atoms with Gasteiger partial charge in [-0.1, -0.05) is 36.4 Å². The van der Waals surface area contributed by atoms with Crippen LogP contribution in [0.25, 0.3) is 0 Å². The molecule has 2 aliphatic heterocycles. The van der Waals surface area contributed by atoms with E-state index in [9.17, 15) is 4.79 Å². The van der Waals surface area contributed by atoms with E-state index in [1.165, 1.54) is 16.8 Å². The monoisotopic (exact) mass is 366 g/mol. The van der Waals surface area contributed by atoms with Crippen molar-refractivity contribution in [3.8, 4) is 0 Å². The molecule has 27 heavy (non-hydrogen) atoms. The minimum Gasteiger partial charge on any atom is -0.445 e. The summed E-state index contributed by atoms with van der Waals surface area (Å²) in [5.41, 5.74) is 4.84. The van der Waals surface area contributed by atoms with E-state index < -0.39 is 0 Å². The van der Waals surface area contributed by atoms with Gasteiger partial charge < -0.3 is 19.3 Å². The predicted octanol–water partition coefficient (Wildman–Crippen LogP) is 3.61.